The summed E-state index contributed by atoms with van der Waals surface area (Å²) in [7, 11) is 0. The van der Waals surface area contributed by atoms with E-state index in [1.807, 2.05) is 0 Å². The monoisotopic (exact) mass is 251 g/mol. The predicted molar refractivity (Wildman–Crippen MR) is 72.3 cm³/mol. The summed E-state index contributed by atoms with van der Waals surface area (Å²) < 4.78 is 1.32. The van der Waals surface area contributed by atoms with Crippen molar-refractivity contribution in [1.29, 1.82) is 0 Å². The first kappa shape index (κ1) is 14.3. The van der Waals surface area contributed by atoms with Gasteiger partial charge in [0.2, 0.25) is 5.91 Å². The third-order valence-electron chi connectivity index (χ3n) is 2.67. The lowest BCUT2D eigenvalue weighted by molar-refractivity contribution is -0.121. The van der Waals surface area contributed by atoms with Crippen LogP contribution in [0.5, 0.6) is 0 Å². The lowest BCUT2D eigenvalue weighted by Crippen LogP contribution is -2.32. The highest BCUT2D eigenvalue weighted by Crippen LogP contribution is 1.97. The summed E-state index contributed by atoms with van der Waals surface area (Å²) in [5.41, 5.74) is 5.83. The van der Waals surface area contributed by atoms with Crippen molar-refractivity contribution in [1.82, 2.24) is 9.88 Å². The van der Waals surface area contributed by atoms with Crippen LogP contribution in [0.15, 0.2) is 23.1 Å². The fourth-order valence-corrected chi connectivity index (χ4v) is 1.66. The van der Waals surface area contributed by atoms with Gasteiger partial charge in [0.05, 0.1) is 0 Å². The normalized spacial score (nSPS) is 10.3. The van der Waals surface area contributed by atoms with Gasteiger partial charge in [0.15, 0.2) is 0 Å². The minimum Gasteiger partial charge on any atom is -0.398 e. The molecule has 0 bridgehead atoms. The second kappa shape index (κ2) is 7.53. The van der Waals surface area contributed by atoms with E-state index < -0.39 is 0 Å². The minimum absolute atomic E-state index is 0.0254. The van der Waals surface area contributed by atoms with Gasteiger partial charge in [0.1, 0.15) is 6.54 Å². The van der Waals surface area contributed by atoms with Crippen molar-refractivity contribution >= 4 is 11.6 Å². The number of hydrogen-bond acceptors (Lipinski definition) is 3. The predicted octanol–water partition coefficient (Wildman–Crippen LogP) is 1.13. The summed E-state index contributed by atoms with van der Waals surface area (Å²) in [5, 5.41) is 2.80. The molecule has 1 heterocycles. The number of aromatic nitrogens is 1. The van der Waals surface area contributed by atoms with Gasteiger partial charge in [-0.25, -0.2) is 0 Å². The maximum Gasteiger partial charge on any atom is 0.251 e. The van der Waals surface area contributed by atoms with Gasteiger partial charge in [0.25, 0.3) is 5.56 Å². The van der Waals surface area contributed by atoms with Crippen LogP contribution in [0.3, 0.4) is 0 Å². The van der Waals surface area contributed by atoms with Crippen LogP contribution in [0.25, 0.3) is 0 Å². The number of nitrogens with zero attached hydrogens (tertiary/aromatic N) is 1. The molecule has 0 saturated heterocycles. The second-order valence-electron chi connectivity index (χ2n) is 4.34. The third kappa shape index (κ3) is 5.03. The highest BCUT2D eigenvalue weighted by atomic mass is 16.2. The molecule has 0 spiro atoms. The molecule has 0 fully saturated rings. The van der Waals surface area contributed by atoms with Crippen LogP contribution in [-0.2, 0) is 11.3 Å². The number of unbranched alkanes of at least 4 members (excludes halogenated alkanes) is 3. The van der Waals surface area contributed by atoms with Crippen molar-refractivity contribution in [2.24, 2.45) is 0 Å². The molecule has 0 aromatic carbocycles. The molecule has 0 aliphatic carbocycles. The maximum absolute atomic E-state index is 11.6. The van der Waals surface area contributed by atoms with Gasteiger partial charge in [-0.2, -0.15) is 0 Å². The first-order valence-corrected chi connectivity index (χ1v) is 6.36. The van der Waals surface area contributed by atoms with Gasteiger partial charge in [-0.3, -0.25) is 9.59 Å². The van der Waals surface area contributed by atoms with E-state index in [0.717, 1.165) is 12.8 Å². The van der Waals surface area contributed by atoms with Crippen LogP contribution in [0.4, 0.5) is 5.69 Å². The first-order valence-electron chi connectivity index (χ1n) is 6.36. The summed E-state index contributed by atoms with van der Waals surface area (Å²) in [6.07, 6.45) is 5.94. The lowest BCUT2D eigenvalue weighted by atomic mass is 10.2. The number of nitrogens with one attached hydrogen (secondary N) is 1. The van der Waals surface area contributed by atoms with Gasteiger partial charge in [0, 0.05) is 24.5 Å². The van der Waals surface area contributed by atoms with Gasteiger partial charge in [-0.15, -0.1) is 0 Å². The smallest absolute Gasteiger partial charge is 0.251 e. The molecule has 1 amide bonds. The average molecular weight is 251 g/mol. The SMILES string of the molecule is CCCCCCNC(=O)Cn1cc(N)ccc1=O. The van der Waals surface area contributed by atoms with Crippen molar-refractivity contribution < 1.29 is 4.79 Å². The molecule has 1 aromatic heterocycles. The molecule has 18 heavy (non-hydrogen) atoms. The molecule has 0 atom stereocenters. The molecule has 0 aliphatic heterocycles. The Morgan fingerprint density at radius 3 is 2.83 bits per heavy atom. The van der Waals surface area contributed by atoms with E-state index in [2.05, 4.69) is 12.2 Å². The quantitative estimate of drug-likeness (QED) is 0.713. The molecule has 0 radical (unpaired) electrons. The highest BCUT2D eigenvalue weighted by molar-refractivity contribution is 5.75. The largest absolute Gasteiger partial charge is 0.398 e. The number of carbonyl (C=O) groups is 1. The zero-order valence-electron chi connectivity index (χ0n) is 10.8. The van der Waals surface area contributed by atoms with Crippen LogP contribution in [0.1, 0.15) is 32.6 Å². The zero-order valence-corrected chi connectivity index (χ0v) is 10.8. The summed E-state index contributed by atoms with van der Waals surface area (Å²) in [4.78, 5) is 23.0. The van der Waals surface area contributed by atoms with Crippen LogP contribution in [0.2, 0.25) is 0 Å². The number of amides is 1. The highest BCUT2D eigenvalue weighted by Gasteiger charge is 2.03. The molecular formula is C13H21N3O2. The van der Waals surface area contributed by atoms with E-state index in [-0.39, 0.29) is 18.0 Å². The van der Waals surface area contributed by atoms with Gasteiger partial charge in [-0.05, 0) is 12.5 Å². The summed E-state index contributed by atoms with van der Waals surface area (Å²) in [6, 6.07) is 2.89. The van der Waals surface area contributed by atoms with Crippen molar-refractivity contribution in [3.05, 3.63) is 28.7 Å². The Morgan fingerprint density at radius 1 is 1.33 bits per heavy atom. The lowest BCUT2D eigenvalue weighted by Gasteiger charge is -2.07. The Kier molecular flexibility index (Phi) is 5.97. The fraction of sp³-hybridized carbons (Fsp3) is 0.538. The molecule has 0 aliphatic rings. The number of carbonyl (C=O) groups excluding carboxylic acids is 1. The van der Waals surface area contributed by atoms with Gasteiger partial charge < -0.3 is 15.6 Å². The van der Waals surface area contributed by atoms with Crippen LogP contribution in [0, 0.1) is 0 Å². The Balaban J connectivity index is 2.35. The van der Waals surface area contributed by atoms with E-state index in [0.29, 0.717) is 12.2 Å². The van der Waals surface area contributed by atoms with E-state index in [9.17, 15) is 9.59 Å². The molecular weight excluding hydrogens is 230 g/mol. The number of nitrogens with two attached hydrogens (primary N) is 1. The van der Waals surface area contributed by atoms with Crippen LogP contribution < -0.4 is 16.6 Å². The molecule has 0 unspecified atom stereocenters. The molecule has 100 valence electrons. The van der Waals surface area contributed by atoms with Gasteiger partial charge in [-0.1, -0.05) is 26.2 Å². The summed E-state index contributed by atoms with van der Waals surface area (Å²) >= 11 is 0. The molecule has 1 aromatic rings. The topological polar surface area (TPSA) is 77.1 Å². The van der Waals surface area contributed by atoms with E-state index in [1.165, 1.54) is 35.7 Å². The van der Waals surface area contributed by atoms with Crippen molar-refractivity contribution in [3.8, 4) is 0 Å². The molecule has 3 N–H and O–H groups in total. The number of rotatable bonds is 7. The molecule has 0 saturated carbocycles. The Bertz CT molecular complexity index is 440. The van der Waals surface area contributed by atoms with Crippen LogP contribution in [-0.4, -0.2) is 17.0 Å². The van der Waals surface area contributed by atoms with Crippen molar-refractivity contribution in [2.45, 2.75) is 39.2 Å². The Hall–Kier alpha value is -1.78. The van der Waals surface area contributed by atoms with Gasteiger partial charge >= 0.3 is 0 Å². The first-order chi connectivity index (χ1) is 8.63. The number of pyridine rings is 1. The minimum atomic E-state index is -0.217. The fourth-order valence-electron chi connectivity index (χ4n) is 1.66. The summed E-state index contributed by atoms with van der Waals surface area (Å²) in [6.45, 7) is 2.83. The zero-order chi connectivity index (χ0) is 13.4. The van der Waals surface area contributed by atoms with E-state index >= 15 is 0 Å². The Morgan fingerprint density at radius 2 is 2.11 bits per heavy atom. The molecule has 5 nitrogen and oxygen atoms in total. The maximum atomic E-state index is 11.6. The number of nitrogen functional groups attached to an aromatic ring is 1. The molecule has 1 rings (SSSR count). The van der Waals surface area contributed by atoms with Crippen molar-refractivity contribution in [3.63, 3.8) is 0 Å². The summed E-state index contributed by atoms with van der Waals surface area (Å²) in [5.74, 6) is -0.154. The van der Waals surface area contributed by atoms with Crippen molar-refractivity contribution in [2.75, 3.05) is 12.3 Å². The molecule has 5 heteroatoms. The number of anilines is 1. The average Bonchev–Trinajstić information content (AvgIpc) is 2.33. The van der Waals surface area contributed by atoms with E-state index in [4.69, 9.17) is 5.73 Å². The van der Waals surface area contributed by atoms with E-state index in [1.54, 1.807) is 0 Å². The second-order valence-corrected chi connectivity index (χ2v) is 4.34. The third-order valence-corrected chi connectivity index (χ3v) is 2.67. The standard InChI is InChI=1S/C13H21N3O2/c1-2-3-4-5-8-15-12(17)10-16-9-11(14)6-7-13(16)18/h6-7,9H,2-5,8,10,14H2,1H3,(H,15,17). The number of hydrogen-bond donors (Lipinski definition) is 2. The van der Waals surface area contributed by atoms with Crippen LogP contribution >= 0.6 is 0 Å². The Labute approximate surface area is 107 Å².